The molecule has 0 spiro atoms. The summed E-state index contributed by atoms with van der Waals surface area (Å²) in [4.78, 5) is 27.6. The van der Waals surface area contributed by atoms with Crippen LogP contribution in [0.15, 0.2) is 48.5 Å². The Kier molecular flexibility index (Phi) is 9.52. The van der Waals surface area contributed by atoms with Gasteiger partial charge in [-0.1, -0.05) is 62.2 Å². The summed E-state index contributed by atoms with van der Waals surface area (Å²) < 4.78 is 13.3. The lowest BCUT2D eigenvalue weighted by atomic mass is 10.0. The molecule has 2 amide bonds. The predicted octanol–water partition coefficient (Wildman–Crippen LogP) is 4.79. The summed E-state index contributed by atoms with van der Waals surface area (Å²) in [6.45, 7) is 6.90. The van der Waals surface area contributed by atoms with Crippen molar-refractivity contribution in [2.24, 2.45) is 0 Å². The molecule has 2 aromatic rings. The summed E-state index contributed by atoms with van der Waals surface area (Å²) in [5.74, 6) is -0.519. The highest BCUT2D eigenvalue weighted by atomic mass is 19.1. The van der Waals surface area contributed by atoms with E-state index in [-0.39, 0.29) is 24.2 Å². The van der Waals surface area contributed by atoms with Gasteiger partial charge in [-0.3, -0.25) is 9.59 Å². The summed E-state index contributed by atoms with van der Waals surface area (Å²) in [7, 11) is 0. The molecule has 0 radical (unpaired) electrons. The molecule has 0 saturated heterocycles. The van der Waals surface area contributed by atoms with Crippen LogP contribution in [0.2, 0.25) is 0 Å². The molecule has 0 fully saturated rings. The SMILES string of the molecule is CCCCNC(=O)[C@@H](CC)N(Cc1ccc(F)cc1)C(=O)CCc1ccc(C)cc1. The van der Waals surface area contributed by atoms with E-state index in [2.05, 4.69) is 12.2 Å². The largest absolute Gasteiger partial charge is 0.354 e. The molecule has 0 unspecified atom stereocenters. The number of hydrogen-bond acceptors (Lipinski definition) is 2. The minimum Gasteiger partial charge on any atom is -0.354 e. The van der Waals surface area contributed by atoms with E-state index < -0.39 is 6.04 Å². The molecule has 0 aliphatic carbocycles. The summed E-state index contributed by atoms with van der Waals surface area (Å²) in [5.41, 5.74) is 3.08. The smallest absolute Gasteiger partial charge is 0.242 e. The molecule has 30 heavy (non-hydrogen) atoms. The van der Waals surface area contributed by atoms with Crippen molar-refractivity contribution in [3.63, 3.8) is 0 Å². The number of benzene rings is 2. The topological polar surface area (TPSA) is 49.4 Å². The molecule has 0 aliphatic heterocycles. The Morgan fingerprint density at radius 2 is 1.63 bits per heavy atom. The third-order valence-electron chi connectivity index (χ3n) is 5.23. The molecule has 4 nitrogen and oxygen atoms in total. The van der Waals surface area contributed by atoms with Crippen LogP contribution in [0.4, 0.5) is 4.39 Å². The Bertz CT molecular complexity index is 803. The Morgan fingerprint density at radius 3 is 2.23 bits per heavy atom. The van der Waals surface area contributed by atoms with Gasteiger partial charge in [0.25, 0.3) is 0 Å². The number of nitrogens with one attached hydrogen (secondary N) is 1. The summed E-state index contributed by atoms with van der Waals surface area (Å²) >= 11 is 0. The van der Waals surface area contributed by atoms with Gasteiger partial charge in [-0.05, 0) is 49.4 Å². The fourth-order valence-corrected chi connectivity index (χ4v) is 3.36. The maximum atomic E-state index is 13.3. The first-order chi connectivity index (χ1) is 14.4. The average Bonchev–Trinajstić information content (AvgIpc) is 2.74. The quantitative estimate of drug-likeness (QED) is 0.540. The number of carbonyl (C=O) groups excluding carboxylic acids is 2. The Balaban J connectivity index is 2.15. The molecule has 2 aromatic carbocycles. The van der Waals surface area contributed by atoms with E-state index in [0.717, 1.165) is 24.0 Å². The van der Waals surface area contributed by atoms with Gasteiger partial charge in [-0.25, -0.2) is 4.39 Å². The van der Waals surface area contributed by atoms with Gasteiger partial charge in [0.1, 0.15) is 11.9 Å². The highest BCUT2D eigenvalue weighted by Crippen LogP contribution is 2.16. The molecule has 0 bridgehead atoms. The highest BCUT2D eigenvalue weighted by molar-refractivity contribution is 5.87. The molecular formula is C25H33FN2O2. The van der Waals surface area contributed by atoms with Crippen LogP contribution in [0.5, 0.6) is 0 Å². The van der Waals surface area contributed by atoms with Crippen LogP contribution < -0.4 is 5.32 Å². The minimum absolute atomic E-state index is 0.0719. The molecule has 0 saturated carbocycles. The number of unbranched alkanes of at least 4 members (excludes halogenated alkanes) is 1. The molecule has 0 aliphatic rings. The average molecular weight is 413 g/mol. The van der Waals surface area contributed by atoms with E-state index in [9.17, 15) is 14.0 Å². The Labute approximate surface area is 179 Å². The zero-order valence-electron chi connectivity index (χ0n) is 18.3. The maximum absolute atomic E-state index is 13.3. The molecule has 5 heteroatoms. The lowest BCUT2D eigenvalue weighted by Crippen LogP contribution is -2.49. The van der Waals surface area contributed by atoms with Gasteiger partial charge < -0.3 is 10.2 Å². The van der Waals surface area contributed by atoms with Crippen molar-refractivity contribution in [3.8, 4) is 0 Å². The van der Waals surface area contributed by atoms with E-state index in [1.165, 1.54) is 17.7 Å². The first-order valence-corrected chi connectivity index (χ1v) is 10.8. The zero-order chi connectivity index (χ0) is 21.9. The monoisotopic (exact) mass is 412 g/mol. The maximum Gasteiger partial charge on any atom is 0.242 e. The second-order valence-electron chi connectivity index (χ2n) is 7.70. The second-order valence-corrected chi connectivity index (χ2v) is 7.70. The van der Waals surface area contributed by atoms with Crippen molar-refractivity contribution in [1.29, 1.82) is 0 Å². The van der Waals surface area contributed by atoms with Crippen molar-refractivity contribution in [2.45, 2.75) is 65.5 Å². The van der Waals surface area contributed by atoms with E-state index in [0.29, 0.717) is 25.8 Å². The number of rotatable bonds is 11. The number of amides is 2. The molecule has 0 aromatic heterocycles. The lowest BCUT2D eigenvalue weighted by Gasteiger charge is -2.31. The van der Waals surface area contributed by atoms with Crippen molar-refractivity contribution < 1.29 is 14.0 Å². The lowest BCUT2D eigenvalue weighted by molar-refractivity contribution is -0.141. The highest BCUT2D eigenvalue weighted by Gasteiger charge is 2.28. The fraction of sp³-hybridized carbons (Fsp3) is 0.440. The number of halogens is 1. The fourth-order valence-electron chi connectivity index (χ4n) is 3.36. The van der Waals surface area contributed by atoms with Gasteiger partial charge >= 0.3 is 0 Å². The van der Waals surface area contributed by atoms with Gasteiger partial charge in [0.15, 0.2) is 0 Å². The van der Waals surface area contributed by atoms with Crippen LogP contribution in [0.25, 0.3) is 0 Å². The van der Waals surface area contributed by atoms with Crippen LogP contribution in [-0.4, -0.2) is 29.3 Å². The number of aryl methyl sites for hydroxylation is 2. The van der Waals surface area contributed by atoms with Crippen LogP contribution in [0.3, 0.4) is 0 Å². The van der Waals surface area contributed by atoms with Gasteiger partial charge in [-0.2, -0.15) is 0 Å². The summed E-state index contributed by atoms with van der Waals surface area (Å²) in [6.07, 6.45) is 3.36. The van der Waals surface area contributed by atoms with Gasteiger partial charge in [0, 0.05) is 19.5 Å². The number of hydrogen-bond donors (Lipinski definition) is 1. The van der Waals surface area contributed by atoms with E-state index in [1.54, 1.807) is 17.0 Å². The number of carbonyl (C=O) groups is 2. The van der Waals surface area contributed by atoms with Crippen LogP contribution in [-0.2, 0) is 22.6 Å². The third kappa shape index (κ3) is 7.29. The molecular weight excluding hydrogens is 379 g/mol. The number of nitrogens with zero attached hydrogens (tertiary/aromatic N) is 1. The second kappa shape index (κ2) is 12.1. The van der Waals surface area contributed by atoms with Crippen molar-refractivity contribution in [3.05, 3.63) is 71.0 Å². The summed E-state index contributed by atoms with van der Waals surface area (Å²) in [6, 6.07) is 13.7. The van der Waals surface area contributed by atoms with Crippen LogP contribution in [0.1, 0.15) is 56.2 Å². The van der Waals surface area contributed by atoms with Crippen molar-refractivity contribution in [2.75, 3.05) is 6.54 Å². The standard InChI is InChI=1S/C25H33FN2O2/c1-4-6-17-27-25(30)23(5-2)28(18-21-11-14-22(26)15-12-21)24(29)16-13-20-9-7-19(3)8-10-20/h7-12,14-15,23H,4-6,13,16-18H2,1-3H3,(H,27,30)/t23-/m1/s1. The van der Waals surface area contributed by atoms with Gasteiger partial charge in [0.05, 0.1) is 0 Å². The summed E-state index contributed by atoms with van der Waals surface area (Å²) in [5, 5.41) is 2.95. The van der Waals surface area contributed by atoms with Crippen molar-refractivity contribution in [1.82, 2.24) is 10.2 Å². The molecule has 1 N–H and O–H groups in total. The van der Waals surface area contributed by atoms with Crippen molar-refractivity contribution >= 4 is 11.8 Å². The molecule has 1 atom stereocenters. The zero-order valence-corrected chi connectivity index (χ0v) is 18.3. The van der Waals surface area contributed by atoms with E-state index in [1.807, 2.05) is 38.1 Å². The molecule has 162 valence electrons. The molecule has 0 heterocycles. The minimum atomic E-state index is -0.544. The van der Waals surface area contributed by atoms with Gasteiger partial charge in [-0.15, -0.1) is 0 Å². The first-order valence-electron chi connectivity index (χ1n) is 10.8. The normalized spacial score (nSPS) is 11.7. The van der Waals surface area contributed by atoms with Gasteiger partial charge in [0.2, 0.25) is 11.8 Å². The van der Waals surface area contributed by atoms with Crippen LogP contribution in [0, 0.1) is 12.7 Å². The third-order valence-corrected chi connectivity index (χ3v) is 5.23. The molecule has 2 rings (SSSR count). The first kappa shape index (κ1) is 23.6. The van der Waals surface area contributed by atoms with Crippen LogP contribution >= 0.6 is 0 Å². The van der Waals surface area contributed by atoms with E-state index >= 15 is 0 Å². The Morgan fingerprint density at radius 1 is 1.00 bits per heavy atom. The predicted molar refractivity (Wildman–Crippen MR) is 118 cm³/mol. The Hall–Kier alpha value is -2.69. The van der Waals surface area contributed by atoms with E-state index in [4.69, 9.17) is 0 Å².